The summed E-state index contributed by atoms with van der Waals surface area (Å²) >= 11 is 1.64. The first-order chi connectivity index (χ1) is 17.5. The molecule has 4 fully saturated rings. The van der Waals surface area contributed by atoms with E-state index in [-0.39, 0.29) is 41.5 Å². The monoisotopic (exact) mass is 513 g/mol. The smallest absolute Gasteiger partial charge is 0.251 e. The van der Waals surface area contributed by atoms with Crippen molar-refractivity contribution in [3.8, 4) is 0 Å². The fourth-order valence-corrected chi connectivity index (χ4v) is 7.42. The molecule has 2 amide bonds. The molecule has 0 radical (unpaired) electrons. The topological polar surface area (TPSA) is 79.0 Å². The van der Waals surface area contributed by atoms with Gasteiger partial charge in [0.05, 0.1) is 11.4 Å². The van der Waals surface area contributed by atoms with E-state index in [4.69, 9.17) is 4.74 Å². The van der Waals surface area contributed by atoms with Crippen LogP contribution in [0.25, 0.3) is 0 Å². The van der Waals surface area contributed by atoms with E-state index < -0.39 is 12.1 Å². The third-order valence-electron chi connectivity index (χ3n) is 8.83. The zero-order valence-corrected chi connectivity index (χ0v) is 22.3. The molecule has 196 valence electrons. The van der Waals surface area contributed by atoms with Crippen LogP contribution >= 0.6 is 11.8 Å². The van der Waals surface area contributed by atoms with Crippen molar-refractivity contribution < 1.29 is 19.1 Å². The number of Topliss-reactive ketones (excluding diaryl/α,β-unsaturated/α-hetero) is 1. The molecular formula is C28H39N3O4S. The van der Waals surface area contributed by atoms with Gasteiger partial charge in [-0.3, -0.25) is 14.4 Å². The Morgan fingerprint density at radius 1 is 1.11 bits per heavy atom. The lowest BCUT2D eigenvalue weighted by Gasteiger charge is -2.31. The molecule has 0 unspecified atom stereocenters. The van der Waals surface area contributed by atoms with Gasteiger partial charge in [-0.2, -0.15) is 11.8 Å². The van der Waals surface area contributed by atoms with Gasteiger partial charge in [-0.1, -0.05) is 31.9 Å². The molecule has 0 aromatic heterocycles. The average molecular weight is 514 g/mol. The molecule has 3 aliphatic heterocycles. The van der Waals surface area contributed by atoms with Crippen LogP contribution in [0.5, 0.6) is 0 Å². The Bertz CT molecular complexity index is 956. The van der Waals surface area contributed by atoms with Crippen LogP contribution in [0.3, 0.4) is 0 Å². The Morgan fingerprint density at radius 2 is 1.81 bits per heavy atom. The predicted molar refractivity (Wildman–Crippen MR) is 141 cm³/mol. The van der Waals surface area contributed by atoms with Crippen molar-refractivity contribution in [3.63, 3.8) is 0 Å². The molecule has 0 spiro atoms. The summed E-state index contributed by atoms with van der Waals surface area (Å²) in [7, 11) is 0. The third-order valence-corrected chi connectivity index (χ3v) is 9.85. The molecule has 5 rings (SSSR count). The minimum absolute atomic E-state index is 0.0262. The zero-order valence-electron chi connectivity index (χ0n) is 21.5. The highest BCUT2D eigenvalue weighted by Crippen LogP contribution is 2.36. The van der Waals surface area contributed by atoms with Crippen LogP contribution in [0.1, 0.15) is 67.3 Å². The molecule has 1 aromatic carbocycles. The molecule has 3 saturated heterocycles. The number of rotatable bonds is 7. The number of benzene rings is 1. The van der Waals surface area contributed by atoms with Gasteiger partial charge in [-0.05, 0) is 81.1 Å². The van der Waals surface area contributed by atoms with Crippen LogP contribution in [0.2, 0.25) is 0 Å². The number of ketones is 1. The third kappa shape index (κ3) is 5.09. The van der Waals surface area contributed by atoms with Crippen LogP contribution < -0.4 is 5.32 Å². The molecule has 1 aliphatic carbocycles. The highest BCUT2D eigenvalue weighted by molar-refractivity contribution is 7.99. The van der Waals surface area contributed by atoms with Crippen molar-refractivity contribution in [1.82, 2.24) is 15.1 Å². The van der Waals surface area contributed by atoms with Crippen LogP contribution in [-0.2, 0) is 14.3 Å². The maximum absolute atomic E-state index is 13.9. The maximum Gasteiger partial charge on any atom is 0.251 e. The Kier molecular flexibility index (Phi) is 8.03. The second kappa shape index (κ2) is 11.2. The average Bonchev–Trinajstić information content (AvgIpc) is 3.66. The SMILES string of the molecule is CCN1CCC(c2ccc(C(=O)N[C@H](C(=O)N3C[C@H](SC)[C@H]4OCC(=O)[C@H]43)C3CCCC3)cc2)CC1. The summed E-state index contributed by atoms with van der Waals surface area (Å²) in [5, 5.41) is 3.18. The van der Waals surface area contributed by atoms with Crippen molar-refractivity contribution >= 4 is 29.4 Å². The van der Waals surface area contributed by atoms with Gasteiger partial charge in [-0.15, -0.1) is 0 Å². The largest absolute Gasteiger partial charge is 0.367 e. The second-order valence-electron chi connectivity index (χ2n) is 10.8. The zero-order chi connectivity index (χ0) is 25.2. The Hall–Kier alpha value is -1.90. The van der Waals surface area contributed by atoms with E-state index in [1.165, 1.54) is 5.56 Å². The molecule has 36 heavy (non-hydrogen) atoms. The first kappa shape index (κ1) is 25.7. The standard InChI is InChI=1S/C28H39N3O4S/c1-3-30-14-12-19(13-15-30)18-8-10-21(11-9-18)27(33)29-24(20-6-4-5-7-20)28(34)31-16-23(36-2)26-25(31)22(32)17-35-26/h8-11,19-20,23-26H,3-7,12-17H2,1-2H3,(H,29,33)/t23-,24-,25+,26+/m0/s1. The minimum atomic E-state index is -0.604. The van der Waals surface area contributed by atoms with Crippen LogP contribution in [0.15, 0.2) is 24.3 Å². The quantitative estimate of drug-likeness (QED) is 0.604. The van der Waals surface area contributed by atoms with Crippen molar-refractivity contribution in [1.29, 1.82) is 0 Å². The molecule has 1 aromatic rings. The van der Waals surface area contributed by atoms with Gasteiger partial charge in [0.2, 0.25) is 5.91 Å². The lowest BCUT2D eigenvalue weighted by atomic mass is 9.89. The van der Waals surface area contributed by atoms with E-state index in [1.807, 2.05) is 18.4 Å². The summed E-state index contributed by atoms with van der Waals surface area (Å²) in [5.41, 5.74) is 1.87. The van der Waals surface area contributed by atoms with Crippen molar-refractivity contribution in [2.45, 2.75) is 74.8 Å². The molecular weight excluding hydrogens is 474 g/mol. The Labute approximate surface area is 218 Å². The molecule has 4 atom stereocenters. The summed E-state index contributed by atoms with van der Waals surface area (Å²) in [5.74, 6) is 0.283. The number of nitrogens with zero attached hydrogens (tertiary/aromatic N) is 2. The number of piperidine rings is 1. The van der Waals surface area contributed by atoms with Gasteiger partial charge in [0.25, 0.3) is 5.91 Å². The molecule has 4 aliphatic rings. The number of hydrogen-bond acceptors (Lipinski definition) is 6. The number of ether oxygens (including phenoxy) is 1. The number of carbonyl (C=O) groups is 3. The number of likely N-dealkylation sites (tertiary alicyclic amines) is 2. The first-order valence-corrected chi connectivity index (χ1v) is 14.9. The number of fused-ring (bicyclic) bond motifs is 1. The van der Waals surface area contributed by atoms with Crippen molar-refractivity contribution in [2.75, 3.05) is 39.0 Å². The fourth-order valence-electron chi connectivity index (χ4n) is 6.61. The van der Waals surface area contributed by atoms with E-state index in [0.717, 1.165) is 58.2 Å². The van der Waals surface area contributed by atoms with E-state index in [1.54, 1.807) is 16.7 Å². The molecule has 1 N–H and O–H groups in total. The van der Waals surface area contributed by atoms with Gasteiger partial charge in [0, 0.05) is 12.1 Å². The summed E-state index contributed by atoms with van der Waals surface area (Å²) in [6.07, 6.45) is 8.02. The van der Waals surface area contributed by atoms with Gasteiger partial charge < -0.3 is 19.9 Å². The van der Waals surface area contributed by atoms with E-state index in [0.29, 0.717) is 18.0 Å². The fraction of sp³-hybridized carbons (Fsp3) is 0.679. The van der Waals surface area contributed by atoms with Gasteiger partial charge in [0.1, 0.15) is 18.7 Å². The Balaban J connectivity index is 1.29. The summed E-state index contributed by atoms with van der Waals surface area (Å²) in [4.78, 5) is 44.0. The van der Waals surface area contributed by atoms with E-state index in [2.05, 4.69) is 29.3 Å². The van der Waals surface area contributed by atoms with E-state index >= 15 is 0 Å². The first-order valence-electron chi connectivity index (χ1n) is 13.6. The minimum Gasteiger partial charge on any atom is -0.367 e. The molecule has 0 bridgehead atoms. The van der Waals surface area contributed by atoms with Gasteiger partial charge >= 0.3 is 0 Å². The van der Waals surface area contributed by atoms with Crippen LogP contribution in [0, 0.1) is 5.92 Å². The summed E-state index contributed by atoms with van der Waals surface area (Å²) < 4.78 is 5.75. The number of thioether (sulfide) groups is 1. The number of nitrogens with one attached hydrogen (secondary N) is 1. The molecule has 3 heterocycles. The van der Waals surface area contributed by atoms with Crippen molar-refractivity contribution in [2.24, 2.45) is 5.92 Å². The maximum atomic E-state index is 13.9. The van der Waals surface area contributed by atoms with Gasteiger partial charge in [-0.25, -0.2) is 0 Å². The van der Waals surface area contributed by atoms with Gasteiger partial charge in [0.15, 0.2) is 5.78 Å². The lowest BCUT2D eigenvalue weighted by Crippen LogP contribution is -2.54. The molecule has 8 heteroatoms. The van der Waals surface area contributed by atoms with Crippen molar-refractivity contribution in [3.05, 3.63) is 35.4 Å². The van der Waals surface area contributed by atoms with E-state index in [9.17, 15) is 14.4 Å². The number of carbonyl (C=O) groups excluding carboxylic acids is 3. The van der Waals surface area contributed by atoms with Crippen LogP contribution in [0.4, 0.5) is 0 Å². The summed E-state index contributed by atoms with van der Waals surface area (Å²) in [6.45, 7) is 6.12. The summed E-state index contributed by atoms with van der Waals surface area (Å²) in [6, 6.07) is 6.84. The number of amides is 2. The lowest BCUT2D eigenvalue weighted by molar-refractivity contribution is -0.139. The van der Waals surface area contributed by atoms with Crippen LogP contribution in [-0.4, -0.2) is 89.9 Å². The predicted octanol–water partition coefficient (Wildman–Crippen LogP) is 3.08. The molecule has 7 nitrogen and oxygen atoms in total. The molecule has 1 saturated carbocycles. The highest BCUT2D eigenvalue weighted by atomic mass is 32.2. The second-order valence-corrected chi connectivity index (χ2v) is 11.9. The normalized spacial score (nSPS) is 28.4. The highest BCUT2D eigenvalue weighted by Gasteiger charge is 2.53. The Morgan fingerprint density at radius 3 is 2.44 bits per heavy atom. The number of hydrogen-bond donors (Lipinski definition) is 1.